The van der Waals surface area contributed by atoms with Gasteiger partial charge in [0.25, 0.3) is 5.91 Å². The summed E-state index contributed by atoms with van der Waals surface area (Å²) in [5.74, 6) is -0.885. The molecule has 1 aromatic heterocycles. The number of rotatable bonds is 4. The molecule has 2 heterocycles. The highest BCUT2D eigenvalue weighted by Crippen LogP contribution is 2.25. The molecule has 0 radical (unpaired) electrons. The van der Waals surface area contributed by atoms with E-state index in [9.17, 15) is 13.6 Å². The van der Waals surface area contributed by atoms with Crippen molar-refractivity contribution in [2.45, 2.75) is 19.8 Å². The fourth-order valence-corrected chi connectivity index (χ4v) is 3.30. The number of hydrogen-bond donors (Lipinski definition) is 1. The lowest BCUT2D eigenvalue weighted by atomic mass is 10.2. The third-order valence-electron chi connectivity index (χ3n) is 4.65. The molecule has 6 nitrogen and oxygen atoms in total. The van der Waals surface area contributed by atoms with E-state index in [-0.39, 0.29) is 11.6 Å². The van der Waals surface area contributed by atoms with Gasteiger partial charge in [-0.3, -0.25) is 4.79 Å². The molecule has 1 N–H and O–H groups in total. The van der Waals surface area contributed by atoms with Crippen molar-refractivity contribution in [2.75, 3.05) is 23.3 Å². The fraction of sp³-hybridized carbons (Fsp3) is 0.250. The van der Waals surface area contributed by atoms with Gasteiger partial charge in [-0.25, -0.2) is 18.4 Å². The molecule has 0 atom stereocenters. The molecule has 1 aliphatic heterocycles. The van der Waals surface area contributed by atoms with E-state index in [0.717, 1.165) is 31.6 Å². The molecule has 1 amide bonds. The Morgan fingerprint density at radius 3 is 2.43 bits per heavy atom. The molecular weight excluding hydrogens is 364 g/mol. The summed E-state index contributed by atoms with van der Waals surface area (Å²) < 4.78 is 28.6. The summed E-state index contributed by atoms with van der Waals surface area (Å²) in [5.41, 5.74) is 1.68. The summed E-state index contributed by atoms with van der Waals surface area (Å²) in [7, 11) is 0. The van der Waals surface area contributed by atoms with E-state index < -0.39 is 11.7 Å². The fourth-order valence-electron chi connectivity index (χ4n) is 3.30. The molecule has 0 spiro atoms. The molecule has 0 saturated carbocycles. The molecule has 1 aliphatic rings. The van der Waals surface area contributed by atoms with Crippen LogP contribution in [0.1, 0.15) is 29.3 Å². The Morgan fingerprint density at radius 2 is 1.71 bits per heavy atom. The summed E-state index contributed by atoms with van der Waals surface area (Å²) in [4.78, 5) is 18.8. The zero-order valence-corrected chi connectivity index (χ0v) is 15.3. The first kappa shape index (κ1) is 18.1. The number of aromatic nitrogens is 3. The van der Waals surface area contributed by atoms with Crippen molar-refractivity contribution in [1.82, 2.24) is 14.8 Å². The van der Waals surface area contributed by atoms with Crippen molar-refractivity contribution in [3.8, 4) is 5.69 Å². The maximum Gasteiger partial charge on any atom is 0.295 e. The molecule has 2 aromatic carbocycles. The number of carbonyl (C=O) groups is 1. The van der Waals surface area contributed by atoms with Crippen LogP contribution in [0.15, 0.2) is 42.5 Å². The van der Waals surface area contributed by atoms with Gasteiger partial charge in [0.2, 0.25) is 5.82 Å². The highest BCUT2D eigenvalue weighted by Gasteiger charge is 2.18. The van der Waals surface area contributed by atoms with Gasteiger partial charge in [0, 0.05) is 24.5 Å². The summed E-state index contributed by atoms with van der Waals surface area (Å²) in [6, 6.07) is 10.2. The maximum absolute atomic E-state index is 14.0. The average Bonchev–Trinajstić information content (AvgIpc) is 3.32. The van der Waals surface area contributed by atoms with Crippen molar-refractivity contribution < 1.29 is 13.6 Å². The SMILES string of the molecule is Cc1nc(C(=O)Nc2cc(F)cc(N3CCCC3)c2)nn1-c1ccc(F)cc1. The molecule has 0 aliphatic carbocycles. The largest absolute Gasteiger partial charge is 0.371 e. The smallest absolute Gasteiger partial charge is 0.295 e. The molecule has 8 heteroatoms. The number of nitrogens with zero attached hydrogens (tertiary/aromatic N) is 4. The number of nitrogens with one attached hydrogen (secondary N) is 1. The predicted octanol–water partition coefficient (Wildman–Crippen LogP) is 3.71. The molecule has 3 aromatic rings. The van der Waals surface area contributed by atoms with Crippen LogP contribution in [-0.2, 0) is 0 Å². The predicted molar refractivity (Wildman–Crippen MR) is 102 cm³/mol. The minimum absolute atomic E-state index is 0.0474. The van der Waals surface area contributed by atoms with E-state index in [4.69, 9.17) is 0 Å². The van der Waals surface area contributed by atoms with E-state index in [1.807, 2.05) is 0 Å². The van der Waals surface area contributed by atoms with Gasteiger partial charge >= 0.3 is 0 Å². The number of aryl methyl sites for hydroxylation is 1. The van der Waals surface area contributed by atoms with Gasteiger partial charge in [0.05, 0.1) is 5.69 Å². The Morgan fingerprint density at radius 1 is 1.00 bits per heavy atom. The minimum Gasteiger partial charge on any atom is -0.371 e. The molecule has 1 fully saturated rings. The summed E-state index contributed by atoms with van der Waals surface area (Å²) in [6.07, 6.45) is 2.14. The molecule has 4 rings (SSSR count). The van der Waals surface area contributed by atoms with Crippen molar-refractivity contribution in [2.24, 2.45) is 0 Å². The van der Waals surface area contributed by atoms with Crippen molar-refractivity contribution in [3.05, 3.63) is 65.7 Å². The lowest BCUT2D eigenvalue weighted by Gasteiger charge is -2.18. The van der Waals surface area contributed by atoms with Gasteiger partial charge in [-0.05, 0) is 62.2 Å². The van der Waals surface area contributed by atoms with Crippen LogP contribution >= 0.6 is 0 Å². The summed E-state index contributed by atoms with van der Waals surface area (Å²) >= 11 is 0. The highest BCUT2D eigenvalue weighted by atomic mass is 19.1. The Balaban J connectivity index is 1.56. The van der Waals surface area contributed by atoms with E-state index >= 15 is 0 Å². The molecule has 1 saturated heterocycles. The number of benzene rings is 2. The second-order valence-corrected chi connectivity index (χ2v) is 6.72. The standard InChI is InChI=1S/C20H19F2N5O/c1-13-23-19(25-27(13)17-6-4-14(21)5-7-17)20(28)24-16-10-15(22)11-18(12-16)26-8-2-3-9-26/h4-7,10-12H,2-3,8-9H2,1H3,(H,24,28). The lowest BCUT2D eigenvalue weighted by molar-refractivity contribution is 0.101. The maximum atomic E-state index is 14.0. The monoisotopic (exact) mass is 383 g/mol. The lowest BCUT2D eigenvalue weighted by Crippen LogP contribution is -2.19. The summed E-state index contributed by atoms with van der Waals surface area (Å²) in [5, 5.41) is 6.86. The minimum atomic E-state index is -0.540. The van der Waals surface area contributed by atoms with Gasteiger partial charge in [0.15, 0.2) is 0 Å². The highest BCUT2D eigenvalue weighted by molar-refractivity contribution is 6.01. The van der Waals surface area contributed by atoms with E-state index in [2.05, 4.69) is 20.3 Å². The van der Waals surface area contributed by atoms with E-state index in [0.29, 0.717) is 17.2 Å². The van der Waals surface area contributed by atoms with Gasteiger partial charge < -0.3 is 10.2 Å². The van der Waals surface area contributed by atoms with Crippen LogP contribution < -0.4 is 10.2 Å². The van der Waals surface area contributed by atoms with E-state index in [1.165, 1.54) is 28.9 Å². The number of halogens is 2. The Kier molecular flexibility index (Phi) is 4.77. The number of carbonyl (C=O) groups excluding carboxylic acids is 1. The molecule has 0 bridgehead atoms. The van der Waals surface area contributed by atoms with Crippen LogP contribution in [0.25, 0.3) is 5.69 Å². The molecule has 0 unspecified atom stereocenters. The molecule has 28 heavy (non-hydrogen) atoms. The third kappa shape index (κ3) is 3.71. The topological polar surface area (TPSA) is 63.1 Å². The average molecular weight is 383 g/mol. The van der Waals surface area contributed by atoms with Crippen molar-refractivity contribution >= 4 is 17.3 Å². The van der Waals surface area contributed by atoms with Gasteiger partial charge in [0.1, 0.15) is 17.5 Å². The quantitative estimate of drug-likeness (QED) is 0.746. The Hall–Kier alpha value is -3.29. The zero-order chi connectivity index (χ0) is 19.7. The second kappa shape index (κ2) is 7.38. The first-order chi connectivity index (χ1) is 13.5. The first-order valence-electron chi connectivity index (χ1n) is 9.06. The van der Waals surface area contributed by atoms with Crippen molar-refractivity contribution in [1.29, 1.82) is 0 Å². The number of hydrogen-bond acceptors (Lipinski definition) is 4. The Labute approximate surface area is 160 Å². The Bertz CT molecular complexity index is 1010. The van der Waals surface area contributed by atoms with Gasteiger partial charge in [-0.1, -0.05) is 0 Å². The zero-order valence-electron chi connectivity index (χ0n) is 15.3. The van der Waals surface area contributed by atoms with Crippen LogP contribution in [0, 0.1) is 18.6 Å². The normalized spacial score (nSPS) is 13.8. The van der Waals surface area contributed by atoms with Crippen molar-refractivity contribution in [3.63, 3.8) is 0 Å². The van der Waals surface area contributed by atoms with Gasteiger partial charge in [-0.2, -0.15) is 0 Å². The van der Waals surface area contributed by atoms with Crippen LogP contribution in [0.5, 0.6) is 0 Å². The summed E-state index contributed by atoms with van der Waals surface area (Å²) in [6.45, 7) is 3.44. The first-order valence-corrected chi connectivity index (χ1v) is 9.06. The van der Waals surface area contributed by atoms with Crippen LogP contribution in [0.2, 0.25) is 0 Å². The molecular formula is C20H19F2N5O. The van der Waals surface area contributed by atoms with Crippen LogP contribution in [0.4, 0.5) is 20.2 Å². The van der Waals surface area contributed by atoms with Gasteiger partial charge in [-0.15, -0.1) is 5.10 Å². The number of anilines is 2. The van der Waals surface area contributed by atoms with Crippen LogP contribution in [-0.4, -0.2) is 33.8 Å². The van der Waals surface area contributed by atoms with Crippen LogP contribution in [0.3, 0.4) is 0 Å². The second-order valence-electron chi connectivity index (χ2n) is 6.72. The third-order valence-corrected chi connectivity index (χ3v) is 4.65. The molecule has 144 valence electrons. The number of amides is 1. The van der Waals surface area contributed by atoms with E-state index in [1.54, 1.807) is 25.1 Å².